The quantitative estimate of drug-likeness (QED) is 0.512. The third kappa shape index (κ3) is 5.99. The molecule has 0 saturated heterocycles. The molecule has 0 aliphatic heterocycles. The summed E-state index contributed by atoms with van der Waals surface area (Å²) in [5.74, 6) is 1.12. The third-order valence-corrected chi connectivity index (χ3v) is 3.47. The summed E-state index contributed by atoms with van der Waals surface area (Å²) in [5, 5.41) is 2.90. The summed E-state index contributed by atoms with van der Waals surface area (Å²) in [7, 11) is 0. The lowest BCUT2D eigenvalue weighted by Gasteiger charge is -2.13. The van der Waals surface area contributed by atoms with E-state index in [0.717, 1.165) is 18.4 Å². The van der Waals surface area contributed by atoms with Crippen LogP contribution in [-0.4, -0.2) is 19.1 Å². The number of carbonyl (C=O) groups is 1. The molecule has 1 N–H and O–H groups in total. The number of unbranched alkanes of at least 4 members (excludes halogenated alkanes) is 1. The van der Waals surface area contributed by atoms with Gasteiger partial charge in [0.05, 0.1) is 12.3 Å². The lowest BCUT2D eigenvalue weighted by atomic mass is 10.2. The molecule has 25 heavy (non-hydrogen) atoms. The van der Waals surface area contributed by atoms with Gasteiger partial charge in [-0.05, 0) is 49.2 Å². The van der Waals surface area contributed by atoms with Gasteiger partial charge in [-0.2, -0.15) is 0 Å². The number of para-hydroxylation sites is 2. The molecule has 4 nitrogen and oxygen atoms in total. The van der Waals surface area contributed by atoms with Gasteiger partial charge < -0.3 is 14.8 Å². The third-order valence-electron chi connectivity index (χ3n) is 3.47. The number of carbonyl (C=O) groups excluding carboxylic acids is 1. The summed E-state index contributed by atoms with van der Waals surface area (Å²) >= 11 is 0. The largest absolute Gasteiger partial charge is 0.494 e. The van der Waals surface area contributed by atoms with Crippen LogP contribution in [0, 0.1) is 0 Å². The van der Waals surface area contributed by atoms with Crippen LogP contribution in [0.1, 0.15) is 37.0 Å². The van der Waals surface area contributed by atoms with E-state index >= 15 is 0 Å². The van der Waals surface area contributed by atoms with Crippen LogP contribution in [0.4, 0.5) is 5.69 Å². The van der Waals surface area contributed by atoms with E-state index in [-0.39, 0.29) is 5.91 Å². The minimum absolute atomic E-state index is 0.202. The average Bonchev–Trinajstić information content (AvgIpc) is 2.61. The SMILES string of the molecule is C=C(C)COc1ccccc1NC(=O)c1cccc(OCCCC)c1. The number of rotatable bonds is 9. The maximum atomic E-state index is 12.5. The van der Waals surface area contributed by atoms with Crippen molar-refractivity contribution in [3.8, 4) is 11.5 Å². The fourth-order valence-corrected chi connectivity index (χ4v) is 2.15. The smallest absolute Gasteiger partial charge is 0.255 e. The van der Waals surface area contributed by atoms with Crippen LogP contribution in [0.25, 0.3) is 0 Å². The molecule has 0 fully saturated rings. The number of nitrogens with one attached hydrogen (secondary N) is 1. The molecule has 2 rings (SSSR count). The van der Waals surface area contributed by atoms with Crippen LogP contribution >= 0.6 is 0 Å². The first-order valence-electron chi connectivity index (χ1n) is 8.50. The van der Waals surface area contributed by atoms with E-state index in [2.05, 4.69) is 18.8 Å². The van der Waals surface area contributed by atoms with Gasteiger partial charge in [-0.25, -0.2) is 0 Å². The Balaban J connectivity index is 2.07. The van der Waals surface area contributed by atoms with E-state index in [4.69, 9.17) is 9.47 Å². The van der Waals surface area contributed by atoms with Crippen LogP contribution in [0.15, 0.2) is 60.7 Å². The molecule has 0 saturated carbocycles. The molecule has 0 atom stereocenters. The Labute approximate surface area is 149 Å². The topological polar surface area (TPSA) is 47.6 Å². The monoisotopic (exact) mass is 339 g/mol. The molecule has 0 spiro atoms. The Hall–Kier alpha value is -2.75. The highest BCUT2D eigenvalue weighted by molar-refractivity contribution is 6.05. The molecule has 0 unspecified atom stereocenters. The summed E-state index contributed by atoms with van der Waals surface area (Å²) in [4.78, 5) is 12.5. The van der Waals surface area contributed by atoms with Gasteiger partial charge in [-0.3, -0.25) is 4.79 Å². The van der Waals surface area contributed by atoms with Gasteiger partial charge in [0.2, 0.25) is 0 Å². The van der Waals surface area contributed by atoms with Crippen molar-refractivity contribution >= 4 is 11.6 Å². The van der Waals surface area contributed by atoms with E-state index < -0.39 is 0 Å². The van der Waals surface area contributed by atoms with Gasteiger partial charge in [-0.15, -0.1) is 0 Å². The number of hydrogen-bond donors (Lipinski definition) is 1. The van der Waals surface area contributed by atoms with Gasteiger partial charge in [-0.1, -0.05) is 38.1 Å². The first-order valence-corrected chi connectivity index (χ1v) is 8.50. The van der Waals surface area contributed by atoms with E-state index in [0.29, 0.717) is 36.0 Å². The highest BCUT2D eigenvalue weighted by Crippen LogP contribution is 2.25. The van der Waals surface area contributed by atoms with Crippen molar-refractivity contribution in [2.24, 2.45) is 0 Å². The Morgan fingerprint density at radius 1 is 1.12 bits per heavy atom. The molecule has 2 aromatic carbocycles. The summed E-state index contributed by atoms with van der Waals surface area (Å²) in [6.07, 6.45) is 2.06. The molecule has 0 heterocycles. The van der Waals surface area contributed by atoms with Crippen molar-refractivity contribution in [1.82, 2.24) is 0 Å². The minimum Gasteiger partial charge on any atom is -0.494 e. The van der Waals surface area contributed by atoms with Crippen molar-refractivity contribution in [2.45, 2.75) is 26.7 Å². The van der Waals surface area contributed by atoms with Crippen LogP contribution in [0.2, 0.25) is 0 Å². The minimum atomic E-state index is -0.202. The molecule has 0 bridgehead atoms. The Morgan fingerprint density at radius 2 is 1.92 bits per heavy atom. The van der Waals surface area contributed by atoms with Crippen molar-refractivity contribution in [3.05, 3.63) is 66.2 Å². The lowest BCUT2D eigenvalue weighted by Crippen LogP contribution is -2.13. The van der Waals surface area contributed by atoms with Gasteiger partial charge in [0.25, 0.3) is 5.91 Å². The fraction of sp³-hybridized carbons (Fsp3) is 0.286. The van der Waals surface area contributed by atoms with Crippen LogP contribution in [0.5, 0.6) is 11.5 Å². The molecule has 2 aromatic rings. The molecular formula is C21H25NO3. The van der Waals surface area contributed by atoms with Gasteiger partial charge in [0.1, 0.15) is 18.1 Å². The molecule has 0 aliphatic carbocycles. The standard InChI is InChI=1S/C21H25NO3/c1-4-5-13-24-18-10-8-9-17(14-18)21(23)22-19-11-6-7-12-20(19)25-15-16(2)3/h6-12,14H,2,4-5,13,15H2,1,3H3,(H,22,23). The molecule has 132 valence electrons. The second-order valence-corrected chi connectivity index (χ2v) is 5.93. The van der Waals surface area contributed by atoms with Gasteiger partial charge >= 0.3 is 0 Å². The van der Waals surface area contributed by atoms with Gasteiger partial charge in [0.15, 0.2) is 0 Å². The highest BCUT2D eigenvalue weighted by Gasteiger charge is 2.10. The average molecular weight is 339 g/mol. The van der Waals surface area contributed by atoms with Crippen LogP contribution in [0.3, 0.4) is 0 Å². The molecule has 1 amide bonds. The van der Waals surface area contributed by atoms with Crippen LogP contribution < -0.4 is 14.8 Å². The van der Waals surface area contributed by atoms with E-state index in [1.54, 1.807) is 12.1 Å². The van der Waals surface area contributed by atoms with Crippen molar-refractivity contribution in [2.75, 3.05) is 18.5 Å². The molecule has 0 aromatic heterocycles. The summed E-state index contributed by atoms with van der Waals surface area (Å²) < 4.78 is 11.3. The first-order chi connectivity index (χ1) is 12.1. The number of ether oxygens (including phenoxy) is 2. The highest BCUT2D eigenvalue weighted by atomic mass is 16.5. The zero-order chi connectivity index (χ0) is 18.1. The predicted octanol–water partition coefficient (Wildman–Crippen LogP) is 5.07. The second-order valence-electron chi connectivity index (χ2n) is 5.93. The first kappa shape index (κ1) is 18.6. The Kier molecular flexibility index (Phi) is 7.08. The summed E-state index contributed by atoms with van der Waals surface area (Å²) in [6.45, 7) is 8.89. The lowest BCUT2D eigenvalue weighted by molar-refractivity contribution is 0.102. The van der Waals surface area contributed by atoms with Gasteiger partial charge in [0, 0.05) is 5.56 Å². The fourth-order valence-electron chi connectivity index (χ4n) is 2.15. The summed E-state index contributed by atoms with van der Waals surface area (Å²) in [6, 6.07) is 14.5. The molecular weight excluding hydrogens is 314 g/mol. The van der Waals surface area contributed by atoms with E-state index in [9.17, 15) is 4.79 Å². The van der Waals surface area contributed by atoms with E-state index in [1.165, 1.54) is 0 Å². The number of hydrogen-bond acceptors (Lipinski definition) is 3. The Morgan fingerprint density at radius 3 is 2.68 bits per heavy atom. The normalized spacial score (nSPS) is 10.2. The molecule has 0 aliphatic rings. The number of benzene rings is 2. The van der Waals surface area contributed by atoms with E-state index in [1.807, 2.05) is 43.3 Å². The zero-order valence-electron chi connectivity index (χ0n) is 14.9. The van der Waals surface area contributed by atoms with Crippen molar-refractivity contribution < 1.29 is 14.3 Å². The molecule has 4 heteroatoms. The maximum Gasteiger partial charge on any atom is 0.255 e. The zero-order valence-corrected chi connectivity index (χ0v) is 14.9. The predicted molar refractivity (Wildman–Crippen MR) is 102 cm³/mol. The number of amides is 1. The number of anilines is 1. The van der Waals surface area contributed by atoms with Crippen molar-refractivity contribution in [1.29, 1.82) is 0 Å². The van der Waals surface area contributed by atoms with Crippen molar-refractivity contribution in [3.63, 3.8) is 0 Å². The Bertz CT molecular complexity index is 725. The van der Waals surface area contributed by atoms with Crippen LogP contribution in [-0.2, 0) is 0 Å². The summed E-state index contributed by atoms with van der Waals surface area (Å²) in [5.41, 5.74) is 2.09. The second kappa shape index (κ2) is 9.52. The maximum absolute atomic E-state index is 12.5. The molecule has 0 radical (unpaired) electrons.